The number of rotatable bonds is 6. The Morgan fingerprint density at radius 2 is 1.76 bits per heavy atom. The summed E-state index contributed by atoms with van der Waals surface area (Å²) in [6, 6.07) is 8.32. The maximum atomic E-state index is 12.4. The third-order valence-electron chi connectivity index (χ3n) is 3.48. The second kappa shape index (κ2) is 8.19. The molecular formula is C18H26N4OS2. The summed E-state index contributed by atoms with van der Waals surface area (Å²) in [5.41, 5.74) is 2.16. The van der Waals surface area contributed by atoms with Crippen molar-refractivity contribution in [1.82, 2.24) is 10.2 Å². The molecule has 0 bridgehead atoms. The van der Waals surface area contributed by atoms with Gasteiger partial charge in [-0.25, -0.2) is 0 Å². The van der Waals surface area contributed by atoms with E-state index in [-0.39, 0.29) is 16.6 Å². The summed E-state index contributed by atoms with van der Waals surface area (Å²) >= 11 is 2.89. The third-order valence-corrected chi connectivity index (χ3v) is 5.52. The number of nitrogens with zero attached hydrogens (tertiary/aromatic N) is 2. The smallest absolute Gasteiger partial charge is 0.237 e. The van der Waals surface area contributed by atoms with Gasteiger partial charge in [0.25, 0.3) is 0 Å². The highest BCUT2D eigenvalue weighted by Gasteiger charge is 2.18. The molecule has 0 aliphatic rings. The Morgan fingerprint density at radius 3 is 2.32 bits per heavy atom. The quantitative estimate of drug-likeness (QED) is 0.708. The molecule has 25 heavy (non-hydrogen) atoms. The van der Waals surface area contributed by atoms with Crippen LogP contribution in [0.15, 0.2) is 28.6 Å². The highest BCUT2D eigenvalue weighted by molar-refractivity contribution is 8.02. The van der Waals surface area contributed by atoms with Crippen molar-refractivity contribution in [1.29, 1.82) is 0 Å². The number of aromatic nitrogens is 2. The summed E-state index contributed by atoms with van der Waals surface area (Å²) in [6.07, 6.45) is 0. The summed E-state index contributed by atoms with van der Waals surface area (Å²) in [4.78, 5) is 12.4. The van der Waals surface area contributed by atoms with Gasteiger partial charge in [0.1, 0.15) is 0 Å². The molecule has 5 nitrogen and oxygen atoms in total. The van der Waals surface area contributed by atoms with Crippen molar-refractivity contribution in [2.75, 3.05) is 10.6 Å². The largest absolute Gasteiger partial charge is 0.358 e. The van der Waals surface area contributed by atoms with E-state index < -0.39 is 0 Å². The number of nitrogens with one attached hydrogen (secondary N) is 2. The first-order valence-electron chi connectivity index (χ1n) is 8.33. The number of hydrogen-bond donors (Lipinski definition) is 2. The van der Waals surface area contributed by atoms with Gasteiger partial charge in [0.05, 0.1) is 5.25 Å². The molecule has 0 aliphatic heterocycles. The van der Waals surface area contributed by atoms with Crippen LogP contribution < -0.4 is 10.6 Å². The van der Waals surface area contributed by atoms with Gasteiger partial charge in [0.2, 0.25) is 11.0 Å². The molecule has 136 valence electrons. The van der Waals surface area contributed by atoms with Crippen molar-refractivity contribution in [3.05, 3.63) is 29.8 Å². The maximum absolute atomic E-state index is 12.4. The number of carbonyl (C=O) groups is 1. The van der Waals surface area contributed by atoms with Crippen LogP contribution in [0.1, 0.15) is 47.1 Å². The summed E-state index contributed by atoms with van der Waals surface area (Å²) in [5, 5.41) is 14.9. The van der Waals surface area contributed by atoms with Crippen LogP contribution in [0, 0.1) is 0 Å². The van der Waals surface area contributed by atoms with Crippen molar-refractivity contribution in [2.45, 2.75) is 62.6 Å². The van der Waals surface area contributed by atoms with Crippen molar-refractivity contribution in [3.8, 4) is 0 Å². The molecule has 1 aromatic carbocycles. The van der Waals surface area contributed by atoms with Gasteiger partial charge in [-0.15, -0.1) is 10.2 Å². The average molecular weight is 379 g/mol. The van der Waals surface area contributed by atoms with Crippen molar-refractivity contribution in [2.24, 2.45) is 0 Å². The van der Waals surface area contributed by atoms with E-state index in [0.29, 0.717) is 6.04 Å². The molecule has 7 heteroatoms. The van der Waals surface area contributed by atoms with Crippen LogP contribution in [0.4, 0.5) is 10.8 Å². The SMILES string of the molecule is CC(C)Nc1nnc(SC(C)C(=O)Nc2ccc(C(C)(C)C)cc2)s1. The zero-order valence-electron chi connectivity index (χ0n) is 15.6. The van der Waals surface area contributed by atoms with E-state index in [1.165, 1.54) is 28.7 Å². The first kappa shape index (κ1) is 19.7. The van der Waals surface area contributed by atoms with E-state index in [4.69, 9.17) is 0 Å². The number of hydrogen-bond acceptors (Lipinski definition) is 6. The molecule has 1 heterocycles. The van der Waals surface area contributed by atoms with Crippen molar-refractivity contribution >= 4 is 39.8 Å². The van der Waals surface area contributed by atoms with Gasteiger partial charge in [-0.2, -0.15) is 0 Å². The predicted molar refractivity (Wildman–Crippen MR) is 108 cm³/mol. The van der Waals surface area contributed by atoms with Gasteiger partial charge >= 0.3 is 0 Å². The van der Waals surface area contributed by atoms with Gasteiger partial charge < -0.3 is 10.6 Å². The molecule has 2 aromatic rings. The fraction of sp³-hybridized carbons (Fsp3) is 0.500. The van der Waals surface area contributed by atoms with E-state index in [1.54, 1.807) is 0 Å². The molecule has 1 atom stereocenters. The minimum atomic E-state index is -0.248. The van der Waals surface area contributed by atoms with Crippen LogP contribution in [-0.4, -0.2) is 27.4 Å². The zero-order chi connectivity index (χ0) is 18.6. The standard InChI is InChI=1S/C18H26N4OS2/c1-11(2)19-16-21-22-17(25-16)24-12(3)15(23)20-14-9-7-13(8-10-14)18(4,5)6/h7-12H,1-6H3,(H,19,21)(H,20,23). The van der Waals surface area contributed by atoms with E-state index in [9.17, 15) is 4.79 Å². The Morgan fingerprint density at radius 1 is 1.12 bits per heavy atom. The molecule has 2 rings (SSSR count). The van der Waals surface area contributed by atoms with Crippen LogP contribution in [0.25, 0.3) is 0 Å². The lowest BCUT2D eigenvalue weighted by Crippen LogP contribution is -2.22. The molecule has 1 amide bonds. The molecule has 1 aromatic heterocycles. The maximum Gasteiger partial charge on any atom is 0.237 e. The highest BCUT2D eigenvalue weighted by Crippen LogP contribution is 2.30. The van der Waals surface area contributed by atoms with E-state index in [2.05, 4.69) is 67.6 Å². The summed E-state index contributed by atoms with van der Waals surface area (Å²) in [6.45, 7) is 12.5. The second-order valence-electron chi connectivity index (χ2n) is 7.25. The molecule has 0 spiro atoms. The fourth-order valence-electron chi connectivity index (χ4n) is 2.06. The Labute approximate surface area is 158 Å². The number of amides is 1. The molecule has 0 saturated carbocycles. The minimum Gasteiger partial charge on any atom is -0.358 e. The molecule has 0 radical (unpaired) electrons. The van der Waals surface area contributed by atoms with E-state index >= 15 is 0 Å². The van der Waals surface area contributed by atoms with Crippen LogP contribution in [0.3, 0.4) is 0 Å². The Bertz CT molecular complexity index is 705. The Kier molecular flexibility index (Phi) is 6.46. The third kappa shape index (κ3) is 6.01. The molecule has 2 N–H and O–H groups in total. The van der Waals surface area contributed by atoms with Crippen LogP contribution in [0.5, 0.6) is 0 Å². The van der Waals surface area contributed by atoms with Crippen LogP contribution >= 0.6 is 23.1 Å². The lowest BCUT2D eigenvalue weighted by Gasteiger charge is -2.19. The molecule has 0 fully saturated rings. The Hall–Kier alpha value is -1.60. The second-order valence-corrected chi connectivity index (χ2v) is 9.81. The normalized spacial score (nSPS) is 12.9. The number of benzene rings is 1. The summed E-state index contributed by atoms with van der Waals surface area (Å²) < 4.78 is 0.786. The van der Waals surface area contributed by atoms with Crippen molar-refractivity contribution in [3.63, 3.8) is 0 Å². The summed E-state index contributed by atoms with van der Waals surface area (Å²) in [7, 11) is 0. The van der Waals surface area contributed by atoms with Gasteiger partial charge in [-0.1, -0.05) is 56.0 Å². The summed E-state index contributed by atoms with van der Waals surface area (Å²) in [5.74, 6) is -0.0397. The van der Waals surface area contributed by atoms with Crippen molar-refractivity contribution < 1.29 is 4.79 Å². The highest BCUT2D eigenvalue weighted by atomic mass is 32.2. The fourth-order valence-corrected chi connectivity index (χ4v) is 4.11. The van der Waals surface area contributed by atoms with Crippen LogP contribution in [0.2, 0.25) is 0 Å². The van der Waals surface area contributed by atoms with Gasteiger partial charge in [0.15, 0.2) is 4.34 Å². The predicted octanol–water partition coefficient (Wildman–Crippen LogP) is 4.78. The minimum absolute atomic E-state index is 0.0397. The monoisotopic (exact) mass is 378 g/mol. The molecule has 0 aliphatic carbocycles. The van der Waals surface area contributed by atoms with Gasteiger partial charge in [-0.3, -0.25) is 4.79 Å². The van der Waals surface area contributed by atoms with Gasteiger partial charge in [0, 0.05) is 11.7 Å². The first-order chi connectivity index (χ1) is 11.6. The molecular weight excluding hydrogens is 352 g/mol. The lowest BCUT2D eigenvalue weighted by molar-refractivity contribution is -0.115. The molecule has 1 unspecified atom stereocenters. The Balaban J connectivity index is 1.92. The lowest BCUT2D eigenvalue weighted by atomic mass is 9.87. The zero-order valence-corrected chi connectivity index (χ0v) is 17.2. The topological polar surface area (TPSA) is 66.9 Å². The average Bonchev–Trinajstić information content (AvgIpc) is 2.93. The van der Waals surface area contributed by atoms with E-state index in [1.807, 2.05) is 19.1 Å². The van der Waals surface area contributed by atoms with E-state index in [0.717, 1.165) is 15.2 Å². The first-order valence-corrected chi connectivity index (χ1v) is 10.0. The molecule has 0 saturated heterocycles. The number of thioether (sulfide) groups is 1. The van der Waals surface area contributed by atoms with Gasteiger partial charge in [-0.05, 0) is 43.9 Å². The van der Waals surface area contributed by atoms with Crippen LogP contribution in [-0.2, 0) is 10.2 Å². The number of carbonyl (C=O) groups excluding carboxylic acids is 1. The number of anilines is 2.